The predicted molar refractivity (Wildman–Crippen MR) is 102 cm³/mol. The van der Waals surface area contributed by atoms with E-state index in [2.05, 4.69) is 24.1 Å². The van der Waals surface area contributed by atoms with E-state index in [1.807, 2.05) is 36.4 Å². The number of rotatable bonds is 5. The van der Waals surface area contributed by atoms with Gasteiger partial charge in [0, 0.05) is 22.5 Å². The number of nitrogens with one attached hydrogen (secondary N) is 1. The van der Waals surface area contributed by atoms with Gasteiger partial charge in [0.15, 0.2) is 0 Å². The van der Waals surface area contributed by atoms with Gasteiger partial charge in [-0.25, -0.2) is 9.78 Å². The third-order valence-electron chi connectivity index (χ3n) is 3.90. The summed E-state index contributed by atoms with van der Waals surface area (Å²) in [4.78, 5) is 16.6. The number of carbonyl (C=O) groups is 1. The van der Waals surface area contributed by atoms with Gasteiger partial charge in [0.1, 0.15) is 11.4 Å². The average Bonchev–Trinajstić information content (AvgIpc) is 2.59. The SMILES string of the molecule is CC(C)CNc1nc2ccc(Cl)cc2c(-c2ccccc2)c1C(=O)O. The molecule has 0 saturated carbocycles. The summed E-state index contributed by atoms with van der Waals surface area (Å²) < 4.78 is 0. The number of anilines is 1. The van der Waals surface area contributed by atoms with Crippen molar-refractivity contribution in [1.82, 2.24) is 4.98 Å². The number of hydrogen-bond acceptors (Lipinski definition) is 3. The van der Waals surface area contributed by atoms with Crippen molar-refractivity contribution in [2.24, 2.45) is 5.92 Å². The molecule has 0 spiro atoms. The van der Waals surface area contributed by atoms with E-state index in [-0.39, 0.29) is 5.56 Å². The maximum atomic E-state index is 12.1. The van der Waals surface area contributed by atoms with Crippen LogP contribution >= 0.6 is 11.6 Å². The molecule has 0 unspecified atom stereocenters. The minimum Gasteiger partial charge on any atom is -0.478 e. The van der Waals surface area contributed by atoms with Gasteiger partial charge < -0.3 is 10.4 Å². The second-order valence-corrected chi connectivity index (χ2v) is 6.75. The van der Waals surface area contributed by atoms with Crippen molar-refractivity contribution in [1.29, 1.82) is 0 Å². The Bertz CT molecular complexity index is 924. The highest BCUT2D eigenvalue weighted by Crippen LogP contribution is 2.36. The van der Waals surface area contributed by atoms with Crippen molar-refractivity contribution in [3.05, 3.63) is 59.1 Å². The Morgan fingerprint density at radius 3 is 2.56 bits per heavy atom. The van der Waals surface area contributed by atoms with Crippen LogP contribution in [0.3, 0.4) is 0 Å². The van der Waals surface area contributed by atoms with Gasteiger partial charge in [0.05, 0.1) is 5.52 Å². The van der Waals surface area contributed by atoms with Gasteiger partial charge in [-0.1, -0.05) is 55.8 Å². The van der Waals surface area contributed by atoms with Gasteiger partial charge in [0.25, 0.3) is 0 Å². The fourth-order valence-electron chi connectivity index (χ4n) is 2.78. The van der Waals surface area contributed by atoms with E-state index in [1.54, 1.807) is 12.1 Å². The fourth-order valence-corrected chi connectivity index (χ4v) is 2.95. The van der Waals surface area contributed by atoms with Gasteiger partial charge in [-0.2, -0.15) is 0 Å². The Morgan fingerprint density at radius 2 is 1.92 bits per heavy atom. The number of carboxylic acid groups (broad SMARTS) is 1. The Morgan fingerprint density at radius 1 is 1.20 bits per heavy atom. The highest BCUT2D eigenvalue weighted by Gasteiger charge is 2.22. The molecule has 0 fully saturated rings. The lowest BCUT2D eigenvalue weighted by Crippen LogP contribution is -2.14. The van der Waals surface area contributed by atoms with E-state index < -0.39 is 5.97 Å². The van der Waals surface area contributed by atoms with Gasteiger partial charge in [0.2, 0.25) is 0 Å². The molecule has 0 saturated heterocycles. The first-order valence-corrected chi connectivity index (χ1v) is 8.51. The van der Waals surface area contributed by atoms with Crippen LogP contribution in [0.5, 0.6) is 0 Å². The van der Waals surface area contributed by atoms with Crippen molar-refractivity contribution >= 4 is 34.3 Å². The molecule has 2 aromatic carbocycles. The zero-order chi connectivity index (χ0) is 18.0. The van der Waals surface area contributed by atoms with Crippen molar-refractivity contribution in [2.45, 2.75) is 13.8 Å². The number of hydrogen-bond donors (Lipinski definition) is 2. The molecule has 128 valence electrons. The zero-order valence-electron chi connectivity index (χ0n) is 14.1. The Balaban J connectivity index is 2.36. The number of pyridine rings is 1. The molecule has 0 radical (unpaired) electrons. The molecule has 0 aliphatic heterocycles. The lowest BCUT2D eigenvalue weighted by atomic mass is 9.95. The van der Waals surface area contributed by atoms with Crippen LogP contribution in [0.25, 0.3) is 22.0 Å². The van der Waals surface area contributed by atoms with Crippen LogP contribution in [0.4, 0.5) is 5.82 Å². The first kappa shape index (κ1) is 17.2. The van der Waals surface area contributed by atoms with Crippen LogP contribution in [0.1, 0.15) is 24.2 Å². The molecule has 0 aliphatic rings. The summed E-state index contributed by atoms with van der Waals surface area (Å²) in [5.74, 6) is -0.265. The minimum atomic E-state index is -1.01. The topological polar surface area (TPSA) is 62.2 Å². The van der Waals surface area contributed by atoms with Crippen molar-refractivity contribution in [3.8, 4) is 11.1 Å². The van der Waals surface area contributed by atoms with Gasteiger partial charge in [-0.15, -0.1) is 0 Å². The number of fused-ring (bicyclic) bond motifs is 1. The molecule has 1 aromatic heterocycles. The third kappa shape index (κ3) is 3.59. The highest BCUT2D eigenvalue weighted by molar-refractivity contribution is 6.31. The number of nitrogens with zero attached hydrogens (tertiary/aromatic N) is 1. The molecular weight excluding hydrogens is 336 g/mol. The summed E-state index contributed by atoms with van der Waals surface area (Å²) in [5, 5.41) is 14.3. The Kier molecular flexibility index (Phi) is 4.91. The first-order valence-electron chi connectivity index (χ1n) is 8.13. The molecule has 2 N–H and O–H groups in total. The van der Waals surface area contributed by atoms with Crippen LogP contribution in [0.15, 0.2) is 48.5 Å². The largest absolute Gasteiger partial charge is 0.478 e. The molecule has 0 amide bonds. The number of aromatic nitrogens is 1. The summed E-state index contributed by atoms with van der Waals surface area (Å²) in [7, 11) is 0. The minimum absolute atomic E-state index is 0.168. The molecule has 25 heavy (non-hydrogen) atoms. The van der Waals surface area contributed by atoms with E-state index in [1.165, 1.54) is 0 Å². The second-order valence-electron chi connectivity index (χ2n) is 6.32. The van der Waals surface area contributed by atoms with E-state index in [0.29, 0.717) is 34.4 Å². The summed E-state index contributed by atoms with van der Waals surface area (Å²) in [6.45, 7) is 4.76. The quantitative estimate of drug-likeness (QED) is 0.650. The second kappa shape index (κ2) is 7.11. The molecule has 5 heteroatoms. The van der Waals surface area contributed by atoms with E-state index in [9.17, 15) is 9.90 Å². The van der Waals surface area contributed by atoms with Crippen LogP contribution in [0, 0.1) is 5.92 Å². The number of benzene rings is 2. The van der Waals surface area contributed by atoms with Crippen LogP contribution in [-0.2, 0) is 0 Å². The maximum Gasteiger partial charge on any atom is 0.340 e. The van der Waals surface area contributed by atoms with Crippen molar-refractivity contribution in [2.75, 3.05) is 11.9 Å². The molecule has 0 atom stereocenters. The normalized spacial score (nSPS) is 11.0. The van der Waals surface area contributed by atoms with Crippen molar-refractivity contribution in [3.63, 3.8) is 0 Å². The van der Waals surface area contributed by atoms with Gasteiger partial charge in [-0.05, 0) is 29.7 Å². The summed E-state index contributed by atoms with van der Waals surface area (Å²) in [6.07, 6.45) is 0. The van der Waals surface area contributed by atoms with E-state index in [4.69, 9.17) is 11.6 Å². The molecule has 0 bridgehead atoms. The number of aromatic carboxylic acids is 1. The van der Waals surface area contributed by atoms with Crippen LogP contribution < -0.4 is 5.32 Å². The number of halogens is 1. The smallest absolute Gasteiger partial charge is 0.340 e. The Labute approximate surface area is 151 Å². The maximum absolute atomic E-state index is 12.1. The molecule has 4 nitrogen and oxygen atoms in total. The zero-order valence-corrected chi connectivity index (χ0v) is 14.8. The lowest BCUT2D eigenvalue weighted by Gasteiger charge is -2.17. The van der Waals surface area contributed by atoms with Crippen LogP contribution in [0.2, 0.25) is 5.02 Å². The van der Waals surface area contributed by atoms with Crippen LogP contribution in [-0.4, -0.2) is 22.6 Å². The molecule has 3 rings (SSSR count). The molecule has 1 heterocycles. The fraction of sp³-hybridized carbons (Fsp3) is 0.200. The third-order valence-corrected chi connectivity index (χ3v) is 4.14. The first-order chi connectivity index (χ1) is 12.0. The van der Waals surface area contributed by atoms with Gasteiger partial charge >= 0.3 is 5.97 Å². The van der Waals surface area contributed by atoms with E-state index in [0.717, 1.165) is 10.9 Å². The summed E-state index contributed by atoms with van der Waals surface area (Å²) in [6, 6.07) is 14.8. The molecule has 3 aromatic rings. The summed E-state index contributed by atoms with van der Waals surface area (Å²) >= 11 is 6.16. The summed E-state index contributed by atoms with van der Waals surface area (Å²) in [5.41, 5.74) is 2.33. The van der Waals surface area contributed by atoms with E-state index >= 15 is 0 Å². The highest BCUT2D eigenvalue weighted by atomic mass is 35.5. The molecule has 0 aliphatic carbocycles. The average molecular weight is 355 g/mol. The monoisotopic (exact) mass is 354 g/mol. The standard InChI is InChI=1S/C20H19ClN2O2/c1-12(2)11-22-19-18(20(24)25)17(13-6-4-3-5-7-13)15-10-14(21)8-9-16(15)23-19/h3-10,12H,11H2,1-2H3,(H,22,23)(H,24,25). The van der Waals surface area contributed by atoms with Gasteiger partial charge in [-0.3, -0.25) is 0 Å². The number of carboxylic acids is 1. The molecular formula is C20H19ClN2O2. The van der Waals surface area contributed by atoms with Crippen molar-refractivity contribution < 1.29 is 9.90 Å². The predicted octanol–water partition coefficient (Wildman–Crippen LogP) is 5.32. The lowest BCUT2D eigenvalue weighted by molar-refractivity contribution is 0.0698. The Hall–Kier alpha value is -2.59.